The normalized spacial score (nSPS) is 17.2. The molecule has 11 nitrogen and oxygen atoms in total. The molecule has 2 saturated heterocycles. The van der Waals surface area contributed by atoms with Gasteiger partial charge in [-0.3, -0.25) is 0 Å². The summed E-state index contributed by atoms with van der Waals surface area (Å²) in [5.41, 5.74) is 2.93. The second kappa shape index (κ2) is 14.4. The minimum atomic E-state index is -0.0833. The van der Waals surface area contributed by atoms with Gasteiger partial charge in [-0.1, -0.05) is 6.07 Å². The highest BCUT2D eigenvalue weighted by Crippen LogP contribution is 2.42. The van der Waals surface area contributed by atoms with Gasteiger partial charge in [-0.2, -0.15) is 10.1 Å². The number of aryl methyl sites for hydroxylation is 1. The molecule has 1 unspecified atom stereocenters. The Morgan fingerprint density at radius 3 is 2.57 bits per heavy atom. The predicted molar refractivity (Wildman–Crippen MR) is 196 cm³/mol. The number of piperidine rings is 1. The van der Waals surface area contributed by atoms with Gasteiger partial charge in [0.15, 0.2) is 6.23 Å². The molecule has 2 aliphatic rings. The summed E-state index contributed by atoms with van der Waals surface area (Å²) in [5, 5.41) is 11.0. The van der Waals surface area contributed by atoms with Gasteiger partial charge in [-0.15, -0.1) is 0 Å². The molecule has 0 aliphatic carbocycles. The monoisotopic (exact) mass is 729 g/mol. The van der Waals surface area contributed by atoms with Gasteiger partial charge < -0.3 is 34.1 Å². The Labute approximate surface area is 295 Å². The molecule has 2 aliphatic heterocycles. The molecule has 7 rings (SSSR count). The SMILES string of the molecule is COc1ccc(CNc2ncc(Br)c3cc(N4CCC(N(C)C)CC4)nc(Oc4c(C)ccc5c4cnn5C4CCCCO4)c23)c(OC)c1. The first kappa shape index (κ1) is 33.4. The molecule has 5 heterocycles. The average Bonchev–Trinajstić information content (AvgIpc) is 3.57. The number of halogens is 1. The van der Waals surface area contributed by atoms with E-state index >= 15 is 0 Å². The second-order valence-electron chi connectivity index (χ2n) is 13.0. The Morgan fingerprint density at radius 1 is 1.00 bits per heavy atom. The first-order valence-corrected chi connectivity index (χ1v) is 17.8. The van der Waals surface area contributed by atoms with Crippen LogP contribution in [-0.4, -0.2) is 78.7 Å². The van der Waals surface area contributed by atoms with Crippen molar-refractivity contribution in [3.05, 3.63) is 64.4 Å². The zero-order chi connectivity index (χ0) is 34.1. The summed E-state index contributed by atoms with van der Waals surface area (Å²) in [7, 11) is 7.63. The second-order valence-corrected chi connectivity index (χ2v) is 13.9. The molecule has 0 saturated carbocycles. The van der Waals surface area contributed by atoms with Crippen LogP contribution in [0, 0.1) is 6.92 Å². The molecule has 0 radical (unpaired) electrons. The van der Waals surface area contributed by atoms with E-state index in [-0.39, 0.29) is 6.23 Å². The molecule has 3 aromatic heterocycles. The van der Waals surface area contributed by atoms with E-state index in [0.29, 0.717) is 24.3 Å². The molecule has 2 fully saturated rings. The van der Waals surface area contributed by atoms with E-state index in [2.05, 4.69) is 70.3 Å². The molecule has 0 spiro atoms. The maximum Gasteiger partial charge on any atom is 0.232 e. The fourth-order valence-electron chi connectivity index (χ4n) is 6.92. The van der Waals surface area contributed by atoms with E-state index in [4.69, 9.17) is 34.0 Å². The summed E-state index contributed by atoms with van der Waals surface area (Å²) < 4.78 is 27.0. The zero-order valence-corrected chi connectivity index (χ0v) is 30.4. The molecular weight excluding hydrogens is 686 g/mol. The van der Waals surface area contributed by atoms with Crippen LogP contribution < -0.4 is 24.4 Å². The van der Waals surface area contributed by atoms with Crippen LogP contribution in [0.4, 0.5) is 11.6 Å². The molecular formula is C37H44BrN7O4. The number of benzene rings is 2. The Balaban J connectivity index is 1.32. The Morgan fingerprint density at radius 2 is 1.84 bits per heavy atom. The van der Waals surface area contributed by atoms with Gasteiger partial charge >= 0.3 is 0 Å². The van der Waals surface area contributed by atoms with E-state index in [1.54, 1.807) is 14.2 Å². The van der Waals surface area contributed by atoms with Crippen molar-refractivity contribution in [2.75, 3.05) is 58.2 Å². The van der Waals surface area contributed by atoms with Gasteiger partial charge in [0.1, 0.15) is 28.9 Å². The largest absolute Gasteiger partial charge is 0.497 e. The number of aromatic nitrogens is 4. The third-order valence-electron chi connectivity index (χ3n) is 9.79. The van der Waals surface area contributed by atoms with Gasteiger partial charge in [-0.05, 0) is 98.9 Å². The number of hydrogen-bond donors (Lipinski definition) is 1. The Kier molecular flexibility index (Phi) is 9.80. The molecule has 12 heteroatoms. The average molecular weight is 731 g/mol. The molecule has 0 amide bonds. The summed E-state index contributed by atoms with van der Waals surface area (Å²) >= 11 is 3.81. The Bertz CT molecular complexity index is 1950. The number of hydrogen-bond acceptors (Lipinski definition) is 10. The molecule has 0 bridgehead atoms. The van der Waals surface area contributed by atoms with Crippen LogP contribution in [-0.2, 0) is 11.3 Å². The maximum absolute atomic E-state index is 6.97. The van der Waals surface area contributed by atoms with Crippen molar-refractivity contribution in [1.82, 2.24) is 24.6 Å². The van der Waals surface area contributed by atoms with Crippen molar-refractivity contribution in [2.24, 2.45) is 0 Å². The van der Waals surface area contributed by atoms with Crippen molar-refractivity contribution >= 4 is 49.2 Å². The standard InChI is InChI=1S/C37H44BrN7O4/c1-23-9-12-30-28(21-41-45(30)33-8-6-7-17-48-33)35(23)49-37-34-27(19-32(42-37)44-15-13-25(14-16-44)43(2)3)29(38)22-40-36(34)39-20-24-10-11-26(46-4)18-31(24)47-5/h9-12,18-19,21-22,25,33H,6-8,13-17,20H2,1-5H3,(H,39,40). The number of anilines is 2. The summed E-state index contributed by atoms with van der Waals surface area (Å²) in [6, 6.07) is 12.7. The lowest BCUT2D eigenvalue weighted by Gasteiger charge is -2.36. The number of ether oxygens (including phenoxy) is 4. The topological polar surface area (TPSA) is 99.0 Å². The predicted octanol–water partition coefficient (Wildman–Crippen LogP) is 7.70. The first-order chi connectivity index (χ1) is 23.8. The maximum atomic E-state index is 6.97. The lowest BCUT2D eigenvalue weighted by atomic mass is 10.0. The van der Waals surface area contributed by atoms with Crippen molar-refractivity contribution < 1.29 is 18.9 Å². The van der Waals surface area contributed by atoms with Crippen LogP contribution >= 0.6 is 15.9 Å². The number of fused-ring (bicyclic) bond motifs is 2. The van der Waals surface area contributed by atoms with Crippen LogP contribution in [0.1, 0.15) is 49.5 Å². The summed E-state index contributed by atoms with van der Waals surface area (Å²) in [6.45, 7) is 5.10. The van der Waals surface area contributed by atoms with Gasteiger partial charge in [0, 0.05) is 60.0 Å². The van der Waals surface area contributed by atoms with Crippen molar-refractivity contribution in [2.45, 2.75) is 57.8 Å². The smallest absolute Gasteiger partial charge is 0.232 e. The van der Waals surface area contributed by atoms with Crippen LogP contribution in [0.5, 0.6) is 23.1 Å². The van der Waals surface area contributed by atoms with E-state index in [0.717, 1.165) is 112 Å². The molecule has 1 N–H and O–H groups in total. The van der Waals surface area contributed by atoms with Crippen LogP contribution in [0.3, 0.4) is 0 Å². The van der Waals surface area contributed by atoms with E-state index in [1.165, 1.54) is 0 Å². The van der Waals surface area contributed by atoms with E-state index in [1.807, 2.05) is 35.3 Å². The lowest BCUT2D eigenvalue weighted by molar-refractivity contribution is -0.0366. The lowest BCUT2D eigenvalue weighted by Crippen LogP contribution is -2.42. The van der Waals surface area contributed by atoms with E-state index in [9.17, 15) is 0 Å². The van der Waals surface area contributed by atoms with Crippen molar-refractivity contribution in [1.29, 1.82) is 0 Å². The van der Waals surface area contributed by atoms with Crippen molar-refractivity contribution in [3.63, 3.8) is 0 Å². The molecule has 5 aromatic rings. The van der Waals surface area contributed by atoms with Crippen molar-refractivity contribution in [3.8, 4) is 23.1 Å². The minimum Gasteiger partial charge on any atom is -0.497 e. The zero-order valence-electron chi connectivity index (χ0n) is 28.8. The number of nitrogens with zero attached hydrogens (tertiary/aromatic N) is 6. The fourth-order valence-corrected chi connectivity index (χ4v) is 7.34. The van der Waals surface area contributed by atoms with Gasteiger partial charge in [0.05, 0.1) is 36.7 Å². The highest BCUT2D eigenvalue weighted by molar-refractivity contribution is 9.10. The summed E-state index contributed by atoms with van der Waals surface area (Å²) in [5.74, 6) is 4.21. The summed E-state index contributed by atoms with van der Waals surface area (Å²) in [4.78, 5) is 14.8. The Hall–Kier alpha value is -4.13. The van der Waals surface area contributed by atoms with Crippen LogP contribution in [0.25, 0.3) is 21.7 Å². The van der Waals surface area contributed by atoms with Gasteiger partial charge in [0.2, 0.25) is 5.88 Å². The fraction of sp³-hybridized carbons (Fsp3) is 0.432. The molecule has 258 valence electrons. The number of nitrogens with one attached hydrogen (secondary N) is 1. The highest BCUT2D eigenvalue weighted by atomic mass is 79.9. The van der Waals surface area contributed by atoms with Gasteiger partial charge in [-0.25, -0.2) is 9.67 Å². The number of rotatable bonds is 10. The van der Waals surface area contributed by atoms with Crippen LogP contribution in [0.15, 0.2) is 53.3 Å². The first-order valence-electron chi connectivity index (χ1n) is 17.0. The molecule has 49 heavy (non-hydrogen) atoms. The number of methoxy groups -OCH3 is 2. The van der Waals surface area contributed by atoms with E-state index < -0.39 is 0 Å². The summed E-state index contributed by atoms with van der Waals surface area (Å²) in [6.07, 6.45) is 8.91. The number of pyridine rings is 2. The third kappa shape index (κ3) is 6.73. The highest BCUT2D eigenvalue weighted by Gasteiger charge is 2.26. The quantitative estimate of drug-likeness (QED) is 0.154. The third-order valence-corrected chi connectivity index (χ3v) is 10.4. The molecule has 1 atom stereocenters. The molecule has 2 aromatic carbocycles. The van der Waals surface area contributed by atoms with Crippen LogP contribution in [0.2, 0.25) is 0 Å². The minimum absolute atomic E-state index is 0.0833. The van der Waals surface area contributed by atoms with Gasteiger partial charge in [0.25, 0.3) is 0 Å².